The molecule has 0 amide bonds. The maximum atomic E-state index is 5.66. The molecule has 0 unspecified atom stereocenters. The molecular weight excluding hydrogens is 513 g/mol. The molecule has 9 heteroatoms. The van der Waals surface area contributed by atoms with Crippen LogP contribution in [0.4, 0.5) is 0 Å². The Morgan fingerprint density at radius 3 is 2.83 bits per heavy atom. The lowest BCUT2D eigenvalue weighted by Crippen LogP contribution is -2.37. The molecule has 0 bridgehead atoms. The number of ether oxygens (including phenoxy) is 2. The smallest absolute Gasteiger partial charge is 0.193 e. The third kappa shape index (κ3) is 6.76. The van der Waals surface area contributed by atoms with Crippen molar-refractivity contribution in [2.24, 2.45) is 4.99 Å². The number of thiazole rings is 1. The monoisotopic (exact) mass is 543 g/mol. The summed E-state index contributed by atoms with van der Waals surface area (Å²) >= 11 is 1.63. The van der Waals surface area contributed by atoms with E-state index < -0.39 is 0 Å². The van der Waals surface area contributed by atoms with Crippen LogP contribution >= 0.6 is 35.3 Å². The van der Waals surface area contributed by atoms with E-state index in [-0.39, 0.29) is 24.0 Å². The topological polar surface area (TPSA) is 72.2 Å². The molecule has 3 aromatic rings. The van der Waals surface area contributed by atoms with Crippen LogP contribution in [0, 0.1) is 0 Å². The van der Waals surface area contributed by atoms with E-state index in [0.29, 0.717) is 13.2 Å². The Hall–Kier alpha value is -2.01. The second-order valence-electron chi connectivity index (χ2n) is 6.47. The Morgan fingerprint density at radius 1 is 1.23 bits per heavy atom. The molecule has 0 fully saturated rings. The fourth-order valence-corrected chi connectivity index (χ4v) is 3.72. The fourth-order valence-electron chi connectivity index (χ4n) is 3.00. The van der Waals surface area contributed by atoms with E-state index in [4.69, 9.17) is 9.47 Å². The highest BCUT2D eigenvalue weighted by Crippen LogP contribution is 2.28. The number of hydrogen-bond acceptors (Lipinski definition) is 5. The van der Waals surface area contributed by atoms with Gasteiger partial charge in [-0.1, -0.05) is 6.07 Å². The van der Waals surface area contributed by atoms with Crippen LogP contribution < -0.4 is 20.1 Å². The van der Waals surface area contributed by atoms with Gasteiger partial charge >= 0.3 is 0 Å². The number of rotatable bonds is 10. The van der Waals surface area contributed by atoms with E-state index in [1.807, 2.05) is 35.2 Å². The number of benzene rings is 1. The van der Waals surface area contributed by atoms with Crippen molar-refractivity contribution in [3.8, 4) is 11.5 Å². The van der Waals surface area contributed by atoms with Crippen molar-refractivity contribution in [2.75, 3.05) is 26.8 Å². The number of guanidine groups is 1. The SMILES string of the molecule is CCNC(=NCc1cn2ccsc2n1)NCCCc1ccc(OC)c(OCC)c1.I. The van der Waals surface area contributed by atoms with Gasteiger partial charge in [-0.25, -0.2) is 9.98 Å². The molecule has 0 aliphatic heterocycles. The highest BCUT2D eigenvalue weighted by molar-refractivity contribution is 14.0. The van der Waals surface area contributed by atoms with Crippen LogP contribution in [0.3, 0.4) is 0 Å². The van der Waals surface area contributed by atoms with E-state index in [9.17, 15) is 0 Å². The van der Waals surface area contributed by atoms with Crippen molar-refractivity contribution in [1.29, 1.82) is 0 Å². The minimum Gasteiger partial charge on any atom is -0.493 e. The van der Waals surface area contributed by atoms with Crippen LogP contribution in [0.25, 0.3) is 4.96 Å². The average Bonchev–Trinajstić information content (AvgIpc) is 3.31. The van der Waals surface area contributed by atoms with Gasteiger partial charge in [-0.05, 0) is 44.4 Å². The van der Waals surface area contributed by atoms with Gasteiger partial charge < -0.3 is 20.1 Å². The van der Waals surface area contributed by atoms with Gasteiger partial charge in [0, 0.05) is 30.9 Å². The maximum Gasteiger partial charge on any atom is 0.193 e. The van der Waals surface area contributed by atoms with Gasteiger partial charge in [0.15, 0.2) is 22.4 Å². The summed E-state index contributed by atoms with van der Waals surface area (Å²) < 4.78 is 13.0. The van der Waals surface area contributed by atoms with Crippen molar-refractivity contribution in [2.45, 2.75) is 33.2 Å². The van der Waals surface area contributed by atoms with Crippen LogP contribution in [-0.4, -0.2) is 42.2 Å². The van der Waals surface area contributed by atoms with Gasteiger partial charge in [0.2, 0.25) is 0 Å². The molecule has 2 N–H and O–H groups in total. The largest absolute Gasteiger partial charge is 0.493 e. The van der Waals surface area contributed by atoms with E-state index in [0.717, 1.165) is 54.0 Å². The van der Waals surface area contributed by atoms with Gasteiger partial charge in [-0.2, -0.15) is 0 Å². The zero-order valence-electron chi connectivity index (χ0n) is 17.7. The Balaban J connectivity index is 0.00000320. The van der Waals surface area contributed by atoms with Crippen LogP contribution in [-0.2, 0) is 13.0 Å². The van der Waals surface area contributed by atoms with Gasteiger partial charge in [-0.3, -0.25) is 4.40 Å². The Morgan fingerprint density at radius 2 is 2.10 bits per heavy atom. The van der Waals surface area contributed by atoms with Crippen molar-refractivity contribution in [1.82, 2.24) is 20.0 Å². The third-order valence-corrected chi connectivity index (χ3v) is 5.12. The second-order valence-corrected chi connectivity index (χ2v) is 7.34. The lowest BCUT2D eigenvalue weighted by Gasteiger charge is -2.12. The molecule has 0 saturated carbocycles. The lowest BCUT2D eigenvalue weighted by atomic mass is 10.1. The van der Waals surface area contributed by atoms with E-state index in [1.54, 1.807) is 18.4 Å². The molecule has 0 atom stereocenters. The second kappa shape index (κ2) is 12.6. The minimum absolute atomic E-state index is 0. The summed E-state index contributed by atoms with van der Waals surface area (Å²) in [5, 5.41) is 8.72. The van der Waals surface area contributed by atoms with Crippen LogP contribution in [0.15, 0.2) is 41.0 Å². The van der Waals surface area contributed by atoms with Crippen LogP contribution in [0.2, 0.25) is 0 Å². The van der Waals surface area contributed by atoms with Crippen LogP contribution in [0.5, 0.6) is 11.5 Å². The molecule has 164 valence electrons. The lowest BCUT2D eigenvalue weighted by molar-refractivity contribution is 0.310. The van der Waals surface area contributed by atoms with E-state index in [1.165, 1.54) is 5.56 Å². The standard InChI is InChI=1S/C21H29N5O2S.HI/c1-4-22-20(24-14-17-15-26-11-12-29-21(26)25-17)23-10-6-7-16-8-9-18(27-3)19(13-16)28-5-2;/h8-9,11-13,15H,4-7,10,14H2,1-3H3,(H2,22,23,24);1H. The molecule has 0 saturated heterocycles. The number of aryl methyl sites for hydroxylation is 1. The van der Waals surface area contributed by atoms with Gasteiger partial charge in [0.05, 0.1) is 26.0 Å². The third-order valence-electron chi connectivity index (χ3n) is 4.35. The zero-order chi connectivity index (χ0) is 20.5. The Bertz CT molecular complexity index is 912. The number of aromatic nitrogens is 2. The minimum atomic E-state index is 0. The Kier molecular flexibility index (Phi) is 10.2. The summed E-state index contributed by atoms with van der Waals surface area (Å²) in [7, 11) is 1.66. The molecule has 2 heterocycles. The molecule has 3 rings (SSSR count). The summed E-state index contributed by atoms with van der Waals surface area (Å²) in [6, 6.07) is 6.12. The van der Waals surface area contributed by atoms with Crippen LogP contribution in [0.1, 0.15) is 31.5 Å². The first kappa shape index (κ1) is 24.3. The van der Waals surface area contributed by atoms with Crippen molar-refractivity contribution >= 4 is 46.2 Å². The number of fused-ring (bicyclic) bond motifs is 1. The predicted molar refractivity (Wildman–Crippen MR) is 134 cm³/mol. The highest BCUT2D eigenvalue weighted by atomic mass is 127. The summed E-state index contributed by atoms with van der Waals surface area (Å²) in [5.74, 6) is 2.39. The fraction of sp³-hybridized carbons (Fsp3) is 0.429. The number of methoxy groups -OCH3 is 1. The van der Waals surface area contributed by atoms with Crippen molar-refractivity contribution in [3.05, 3.63) is 47.2 Å². The first-order valence-corrected chi connectivity index (χ1v) is 10.8. The summed E-state index contributed by atoms with van der Waals surface area (Å²) in [6.07, 6.45) is 5.98. The number of halogens is 1. The van der Waals surface area contributed by atoms with Crippen molar-refractivity contribution in [3.63, 3.8) is 0 Å². The first-order valence-electron chi connectivity index (χ1n) is 9.96. The molecule has 0 spiro atoms. The molecule has 0 aliphatic carbocycles. The maximum absolute atomic E-state index is 5.66. The number of nitrogens with zero attached hydrogens (tertiary/aromatic N) is 3. The molecule has 0 aliphatic rings. The first-order chi connectivity index (χ1) is 14.2. The molecule has 30 heavy (non-hydrogen) atoms. The normalized spacial score (nSPS) is 11.2. The van der Waals surface area contributed by atoms with Gasteiger partial charge in [0.25, 0.3) is 0 Å². The van der Waals surface area contributed by atoms with Gasteiger partial charge in [0.1, 0.15) is 0 Å². The molecule has 7 nitrogen and oxygen atoms in total. The predicted octanol–water partition coefficient (Wildman–Crippen LogP) is 4.11. The molecular formula is C21H30IN5O2S. The zero-order valence-corrected chi connectivity index (χ0v) is 20.8. The number of hydrogen-bond donors (Lipinski definition) is 2. The highest BCUT2D eigenvalue weighted by Gasteiger charge is 2.06. The van der Waals surface area contributed by atoms with Gasteiger partial charge in [-0.15, -0.1) is 35.3 Å². The summed E-state index contributed by atoms with van der Waals surface area (Å²) in [5.41, 5.74) is 2.20. The van der Waals surface area contributed by atoms with Crippen molar-refractivity contribution < 1.29 is 9.47 Å². The number of imidazole rings is 1. The summed E-state index contributed by atoms with van der Waals surface area (Å²) in [4.78, 5) is 10.2. The quantitative estimate of drug-likeness (QED) is 0.174. The van der Waals surface area contributed by atoms with E-state index >= 15 is 0 Å². The molecule has 0 radical (unpaired) electrons. The number of aliphatic imine (C=N–C) groups is 1. The molecule has 1 aromatic carbocycles. The molecule has 2 aromatic heterocycles. The summed E-state index contributed by atoms with van der Waals surface area (Å²) in [6.45, 7) is 6.87. The average molecular weight is 543 g/mol. The van der Waals surface area contributed by atoms with E-state index in [2.05, 4.69) is 39.7 Å². The number of nitrogens with one attached hydrogen (secondary N) is 2. The Labute approximate surface area is 198 Å².